The Kier molecular flexibility index (Phi) is 4.59. The minimum atomic E-state index is -0.0327. The van der Waals surface area contributed by atoms with Crippen molar-refractivity contribution >= 4 is 5.91 Å². The third-order valence-electron chi connectivity index (χ3n) is 7.76. The number of carbonyl (C=O) groups excluding carboxylic acids is 1. The number of ether oxygens (including phenoxy) is 1. The monoisotopic (exact) mass is 383 g/mol. The van der Waals surface area contributed by atoms with Crippen molar-refractivity contribution < 1.29 is 9.53 Å². The maximum atomic E-state index is 13.3. The number of rotatable bonds is 4. The van der Waals surface area contributed by atoms with Crippen LogP contribution in [0.5, 0.6) is 6.01 Å². The van der Waals surface area contributed by atoms with Gasteiger partial charge in [-0.2, -0.15) is 0 Å². The fourth-order valence-electron chi connectivity index (χ4n) is 6.95. The molecule has 0 saturated heterocycles. The van der Waals surface area contributed by atoms with E-state index in [2.05, 4.69) is 15.3 Å². The molecule has 5 fully saturated rings. The predicted molar refractivity (Wildman–Crippen MR) is 107 cm³/mol. The Hall–Kier alpha value is -1.65. The van der Waals surface area contributed by atoms with Crippen LogP contribution in [0.4, 0.5) is 0 Å². The van der Waals surface area contributed by atoms with Crippen molar-refractivity contribution in [1.82, 2.24) is 15.3 Å². The van der Waals surface area contributed by atoms with Crippen LogP contribution < -0.4 is 10.1 Å². The first-order valence-electron chi connectivity index (χ1n) is 11.3. The van der Waals surface area contributed by atoms with Gasteiger partial charge in [0.15, 0.2) is 0 Å². The first-order chi connectivity index (χ1) is 13.5. The fraction of sp³-hybridized carbons (Fsp3) is 0.783. The molecule has 0 spiro atoms. The number of nitrogens with one attached hydrogen (secondary N) is 1. The lowest BCUT2D eigenvalue weighted by atomic mass is 9.49. The zero-order chi connectivity index (χ0) is 19.3. The second-order valence-corrected chi connectivity index (χ2v) is 10.2. The normalized spacial score (nSPS) is 39.0. The quantitative estimate of drug-likeness (QED) is 0.850. The molecule has 1 heterocycles. The van der Waals surface area contributed by atoms with E-state index in [0.29, 0.717) is 18.0 Å². The Balaban J connectivity index is 1.15. The molecule has 1 aromatic heterocycles. The molecule has 5 heteroatoms. The largest absolute Gasteiger partial charge is 0.460 e. The molecule has 0 atom stereocenters. The van der Waals surface area contributed by atoms with Crippen LogP contribution in [0.15, 0.2) is 6.07 Å². The Morgan fingerprint density at radius 1 is 0.964 bits per heavy atom. The molecule has 4 bridgehead atoms. The van der Waals surface area contributed by atoms with Gasteiger partial charge in [-0.3, -0.25) is 4.79 Å². The third-order valence-corrected chi connectivity index (χ3v) is 7.76. The second-order valence-electron chi connectivity index (χ2n) is 10.2. The molecule has 0 aliphatic heterocycles. The van der Waals surface area contributed by atoms with Gasteiger partial charge in [-0.25, -0.2) is 9.97 Å². The summed E-state index contributed by atoms with van der Waals surface area (Å²) in [5.41, 5.74) is 1.85. The molecule has 0 unspecified atom stereocenters. The van der Waals surface area contributed by atoms with Crippen LogP contribution in [0.25, 0.3) is 0 Å². The van der Waals surface area contributed by atoms with Gasteiger partial charge in [0, 0.05) is 22.8 Å². The Morgan fingerprint density at radius 2 is 1.50 bits per heavy atom. The van der Waals surface area contributed by atoms with E-state index in [0.717, 1.165) is 74.1 Å². The molecule has 152 valence electrons. The van der Waals surface area contributed by atoms with Crippen LogP contribution in [-0.4, -0.2) is 28.0 Å². The van der Waals surface area contributed by atoms with Crippen LogP contribution in [0.2, 0.25) is 0 Å². The SMILES string of the molecule is Cc1cc(C)nc(OC2CCC(NC(=O)C34CC5CC(CC(C5)C3)C4)CC2)n1. The molecule has 1 N–H and O–H groups in total. The van der Waals surface area contributed by atoms with Gasteiger partial charge in [0.1, 0.15) is 6.10 Å². The smallest absolute Gasteiger partial charge is 0.317 e. The molecular weight excluding hydrogens is 350 g/mol. The topological polar surface area (TPSA) is 64.1 Å². The molecule has 28 heavy (non-hydrogen) atoms. The highest BCUT2D eigenvalue weighted by Crippen LogP contribution is 2.60. The van der Waals surface area contributed by atoms with Gasteiger partial charge >= 0.3 is 6.01 Å². The molecule has 6 rings (SSSR count). The first-order valence-corrected chi connectivity index (χ1v) is 11.3. The third kappa shape index (κ3) is 3.53. The molecule has 5 nitrogen and oxygen atoms in total. The van der Waals surface area contributed by atoms with Gasteiger partial charge < -0.3 is 10.1 Å². The average Bonchev–Trinajstić information content (AvgIpc) is 2.61. The zero-order valence-corrected chi connectivity index (χ0v) is 17.2. The second kappa shape index (κ2) is 7.00. The van der Waals surface area contributed by atoms with E-state index in [1.165, 1.54) is 19.3 Å². The van der Waals surface area contributed by atoms with E-state index >= 15 is 0 Å². The van der Waals surface area contributed by atoms with Crippen molar-refractivity contribution in [2.24, 2.45) is 23.2 Å². The number of nitrogens with zero attached hydrogens (tertiary/aromatic N) is 2. The van der Waals surface area contributed by atoms with Crippen LogP contribution in [0.1, 0.15) is 75.6 Å². The molecular formula is C23H33N3O2. The van der Waals surface area contributed by atoms with Crippen LogP contribution in [0.3, 0.4) is 0 Å². The Labute approximate surface area is 168 Å². The number of aryl methyl sites for hydroxylation is 2. The predicted octanol–water partition coefficient (Wildman–Crippen LogP) is 4.12. The van der Waals surface area contributed by atoms with E-state index in [9.17, 15) is 4.79 Å². The summed E-state index contributed by atoms with van der Waals surface area (Å²) in [6.45, 7) is 3.94. The lowest BCUT2D eigenvalue weighted by molar-refractivity contribution is -0.147. The summed E-state index contributed by atoms with van der Waals surface area (Å²) in [6, 6.07) is 2.77. The van der Waals surface area contributed by atoms with E-state index in [1.54, 1.807) is 0 Å². The molecule has 0 radical (unpaired) electrons. The number of aromatic nitrogens is 2. The van der Waals surface area contributed by atoms with Gasteiger partial charge in [-0.05, 0) is 102 Å². The van der Waals surface area contributed by atoms with Gasteiger partial charge in [-0.15, -0.1) is 0 Å². The van der Waals surface area contributed by atoms with E-state index < -0.39 is 0 Å². The van der Waals surface area contributed by atoms with E-state index in [4.69, 9.17) is 4.74 Å². The number of hydrogen-bond donors (Lipinski definition) is 1. The minimum absolute atomic E-state index is 0.0327. The molecule has 5 aliphatic carbocycles. The highest BCUT2D eigenvalue weighted by atomic mass is 16.5. The van der Waals surface area contributed by atoms with Crippen LogP contribution in [0, 0.1) is 37.0 Å². The Morgan fingerprint density at radius 3 is 2.04 bits per heavy atom. The summed E-state index contributed by atoms with van der Waals surface area (Å²) in [5.74, 6) is 2.82. The van der Waals surface area contributed by atoms with Crippen molar-refractivity contribution in [1.29, 1.82) is 0 Å². The van der Waals surface area contributed by atoms with Crippen molar-refractivity contribution in [3.8, 4) is 6.01 Å². The molecule has 5 aliphatic rings. The van der Waals surface area contributed by atoms with Crippen molar-refractivity contribution in [2.45, 2.75) is 90.2 Å². The summed E-state index contributed by atoms with van der Waals surface area (Å²) in [4.78, 5) is 22.0. The maximum Gasteiger partial charge on any atom is 0.317 e. The van der Waals surface area contributed by atoms with E-state index in [1.807, 2.05) is 19.9 Å². The van der Waals surface area contributed by atoms with Crippen molar-refractivity contribution in [2.75, 3.05) is 0 Å². The lowest BCUT2D eigenvalue weighted by Crippen LogP contribution is -2.55. The van der Waals surface area contributed by atoms with Gasteiger partial charge in [0.05, 0.1) is 0 Å². The number of carbonyl (C=O) groups is 1. The maximum absolute atomic E-state index is 13.3. The van der Waals surface area contributed by atoms with Gasteiger partial charge in [0.2, 0.25) is 5.91 Å². The molecule has 5 saturated carbocycles. The summed E-state index contributed by atoms with van der Waals surface area (Å²) in [5, 5.41) is 3.45. The molecule has 1 amide bonds. The summed E-state index contributed by atoms with van der Waals surface area (Å²) < 4.78 is 6.04. The van der Waals surface area contributed by atoms with Gasteiger partial charge in [-0.1, -0.05) is 0 Å². The van der Waals surface area contributed by atoms with Crippen molar-refractivity contribution in [3.63, 3.8) is 0 Å². The first kappa shape index (κ1) is 18.4. The highest BCUT2D eigenvalue weighted by molar-refractivity contribution is 5.83. The standard InChI is InChI=1S/C23H33N3O2/c1-14-7-15(2)25-22(24-14)28-20-5-3-19(4-6-20)26-21(27)23-11-16-8-17(12-23)10-18(9-16)13-23/h7,16-20H,3-6,8-13H2,1-2H3,(H,26,27). The summed E-state index contributed by atoms with van der Waals surface area (Å²) in [6.07, 6.45) is 11.7. The summed E-state index contributed by atoms with van der Waals surface area (Å²) >= 11 is 0. The summed E-state index contributed by atoms with van der Waals surface area (Å²) in [7, 11) is 0. The van der Waals surface area contributed by atoms with Crippen LogP contribution >= 0.6 is 0 Å². The van der Waals surface area contributed by atoms with Crippen LogP contribution in [-0.2, 0) is 4.79 Å². The number of hydrogen-bond acceptors (Lipinski definition) is 4. The lowest BCUT2D eigenvalue weighted by Gasteiger charge is -2.56. The molecule has 0 aromatic carbocycles. The number of amides is 1. The minimum Gasteiger partial charge on any atom is -0.460 e. The van der Waals surface area contributed by atoms with E-state index in [-0.39, 0.29) is 11.5 Å². The van der Waals surface area contributed by atoms with Gasteiger partial charge in [0.25, 0.3) is 0 Å². The van der Waals surface area contributed by atoms with Crippen molar-refractivity contribution in [3.05, 3.63) is 17.5 Å². The molecule has 1 aromatic rings. The zero-order valence-electron chi connectivity index (χ0n) is 17.2. The fourth-order valence-corrected chi connectivity index (χ4v) is 6.95. The highest BCUT2D eigenvalue weighted by Gasteiger charge is 2.54. The Bertz CT molecular complexity index is 699. The average molecular weight is 384 g/mol.